The smallest absolute Gasteiger partial charge is 0.255 e. The van der Waals surface area contributed by atoms with Crippen LogP contribution in [0.3, 0.4) is 0 Å². The first kappa shape index (κ1) is 21.7. The number of aryl methyl sites for hydroxylation is 1. The highest BCUT2D eigenvalue weighted by Gasteiger charge is 2.63. The van der Waals surface area contributed by atoms with Crippen LogP contribution < -0.4 is 5.56 Å². The SMILES string of the molecule is Cn1c(=O)c(CN(C(=O)C2CCCCC2)[C@H]2CC3CCC2(C)C3(C)C)cc2ccccc21. The van der Waals surface area contributed by atoms with E-state index in [0.29, 0.717) is 18.4 Å². The summed E-state index contributed by atoms with van der Waals surface area (Å²) in [4.78, 5) is 29.5. The first-order valence-electron chi connectivity index (χ1n) is 12.6. The summed E-state index contributed by atoms with van der Waals surface area (Å²) in [6.07, 6.45) is 9.07. The first-order valence-corrected chi connectivity index (χ1v) is 12.6. The van der Waals surface area contributed by atoms with E-state index in [4.69, 9.17) is 0 Å². The van der Waals surface area contributed by atoms with Gasteiger partial charge < -0.3 is 9.47 Å². The Morgan fingerprint density at radius 3 is 2.47 bits per heavy atom. The summed E-state index contributed by atoms with van der Waals surface area (Å²) in [5.41, 5.74) is 2.07. The zero-order valence-corrected chi connectivity index (χ0v) is 20.2. The Labute approximate surface area is 192 Å². The molecule has 5 rings (SSSR count). The van der Waals surface area contributed by atoms with Crippen molar-refractivity contribution in [2.24, 2.45) is 29.7 Å². The Bertz CT molecular complexity index is 1090. The van der Waals surface area contributed by atoms with E-state index in [-0.39, 0.29) is 28.3 Å². The molecule has 1 aromatic heterocycles. The van der Waals surface area contributed by atoms with Crippen LogP contribution in [0.15, 0.2) is 35.1 Å². The molecule has 4 heteroatoms. The van der Waals surface area contributed by atoms with Crippen LogP contribution in [0.1, 0.15) is 77.7 Å². The van der Waals surface area contributed by atoms with Gasteiger partial charge in [0.2, 0.25) is 5.91 Å². The molecule has 2 unspecified atom stereocenters. The molecule has 3 atom stereocenters. The Balaban J connectivity index is 1.55. The zero-order chi connectivity index (χ0) is 22.7. The molecule has 0 aliphatic heterocycles. The number of nitrogens with zero attached hydrogens (tertiary/aromatic N) is 2. The lowest BCUT2D eigenvalue weighted by Gasteiger charge is -2.45. The van der Waals surface area contributed by atoms with E-state index in [2.05, 4.69) is 31.7 Å². The van der Waals surface area contributed by atoms with Crippen molar-refractivity contribution in [3.05, 3.63) is 46.2 Å². The summed E-state index contributed by atoms with van der Waals surface area (Å²) >= 11 is 0. The maximum Gasteiger partial charge on any atom is 0.255 e. The fourth-order valence-electron chi connectivity index (χ4n) is 7.34. The molecule has 2 aromatic rings. The molecule has 1 aromatic carbocycles. The lowest BCUT2D eigenvalue weighted by atomic mass is 9.68. The molecule has 4 nitrogen and oxygen atoms in total. The van der Waals surface area contributed by atoms with Crippen molar-refractivity contribution in [3.63, 3.8) is 0 Å². The molecule has 0 radical (unpaired) electrons. The van der Waals surface area contributed by atoms with Gasteiger partial charge in [-0.25, -0.2) is 0 Å². The molecule has 2 bridgehead atoms. The van der Waals surface area contributed by atoms with Gasteiger partial charge in [0.05, 0.1) is 12.1 Å². The van der Waals surface area contributed by atoms with Crippen LogP contribution in [0.5, 0.6) is 0 Å². The molecule has 3 aliphatic carbocycles. The number of fused-ring (bicyclic) bond motifs is 3. The van der Waals surface area contributed by atoms with E-state index in [0.717, 1.165) is 48.6 Å². The molecule has 32 heavy (non-hydrogen) atoms. The van der Waals surface area contributed by atoms with Gasteiger partial charge in [0.1, 0.15) is 0 Å². The Hall–Kier alpha value is -2.10. The molecule has 1 heterocycles. The summed E-state index contributed by atoms with van der Waals surface area (Å²) < 4.78 is 1.75. The van der Waals surface area contributed by atoms with Gasteiger partial charge in [-0.15, -0.1) is 0 Å². The molecule has 0 saturated heterocycles. The number of para-hydroxylation sites is 1. The van der Waals surface area contributed by atoms with E-state index >= 15 is 0 Å². The normalized spacial score (nSPS) is 29.5. The number of benzene rings is 1. The second-order valence-corrected chi connectivity index (χ2v) is 11.5. The number of carbonyl (C=O) groups excluding carboxylic acids is 1. The van der Waals surface area contributed by atoms with Crippen LogP contribution >= 0.6 is 0 Å². The average Bonchev–Trinajstić information content (AvgIpc) is 3.14. The van der Waals surface area contributed by atoms with Crippen molar-refractivity contribution in [2.45, 2.75) is 84.7 Å². The summed E-state index contributed by atoms with van der Waals surface area (Å²) in [6.45, 7) is 7.66. The minimum Gasteiger partial charge on any atom is -0.334 e. The third-order valence-electron chi connectivity index (χ3n) is 9.91. The predicted octanol–water partition coefficient (Wildman–Crippen LogP) is 5.66. The predicted molar refractivity (Wildman–Crippen MR) is 129 cm³/mol. The van der Waals surface area contributed by atoms with Gasteiger partial charge in [-0.2, -0.15) is 0 Å². The van der Waals surface area contributed by atoms with Gasteiger partial charge in [0, 0.05) is 24.6 Å². The standard InChI is InChI=1S/C28H38N2O2/c1-27(2)22-14-15-28(27,3)24(17-22)30(26(32)19-10-6-5-7-11-19)18-21-16-20-12-8-9-13-23(20)29(4)25(21)31/h8-9,12-13,16,19,22,24H,5-7,10-11,14-15,17-18H2,1-4H3/t22?,24-,28?/m0/s1. The number of rotatable bonds is 4. The quantitative estimate of drug-likeness (QED) is 0.623. The third kappa shape index (κ3) is 3.16. The first-order chi connectivity index (χ1) is 15.2. The highest BCUT2D eigenvalue weighted by atomic mass is 16.2. The number of hydrogen-bond donors (Lipinski definition) is 0. The molecule has 3 saturated carbocycles. The van der Waals surface area contributed by atoms with Crippen LogP contribution in [0.2, 0.25) is 0 Å². The summed E-state index contributed by atoms with van der Waals surface area (Å²) in [5.74, 6) is 1.09. The maximum absolute atomic E-state index is 14.0. The third-order valence-corrected chi connectivity index (χ3v) is 9.91. The van der Waals surface area contributed by atoms with E-state index in [1.165, 1.54) is 19.3 Å². The average molecular weight is 435 g/mol. The highest BCUT2D eigenvalue weighted by Crippen LogP contribution is 2.66. The molecule has 3 aliphatic rings. The van der Waals surface area contributed by atoms with Gasteiger partial charge in [0.15, 0.2) is 0 Å². The van der Waals surface area contributed by atoms with Crippen molar-refractivity contribution in [2.75, 3.05) is 0 Å². The van der Waals surface area contributed by atoms with Crippen LogP contribution in [-0.2, 0) is 18.4 Å². The Kier molecular flexibility index (Phi) is 5.26. The second kappa shape index (κ2) is 7.74. The Morgan fingerprint density at radius 1 is 1.09 bits per heavy atom. The second-order valence-electron chi connectivity index (χ2n) is 11.5. The molecule has 1 amide bonds. The van der Waals surface area contributed by atoms with E-state index in [9.17, 15) is 9.59 Å². The van der Waals surface area contributed by atoms with Crippen molar-refractivity contribution in [1.82, 2.24) is 9.47 Å². The van der Waals surface area contributed by atoms with Crippen LogP contribution in [0, 0.1) is 22.7 Å². The van der Waals surface area contributed by atoms with Crippen LogP contribution in [0.4, 0.5) is 0 Å². The summed E-state index contributed by atoms with van der Waals surface area (Å²) in [7, 11) is 1.85. The molecule has 0 spiro atoms. The van der Waals surface area contributed by atoms with Crippen LogP contribution in [0.25, 0.3) is 10.9 Å². The van der Waals surface area contributed by atoms with Crippen LogP contribution in [-0.4, -0.2) is 21.4 Å². The van der Waals surface area contributed by atoms with E-state index < -0.39 is 0 Å². The van der Waals surface area contributed by atoms with Gasteiger partial charge in [-0.05, 0) is 66.4 Å². The number of carbonyl (C=O) groups is 1. The fourth-order valence-corrected chi connectivity index (χ4v) is 7.34. The molecule has 3 fully saturated rings. The topological polar surface area (TPSA) is 42.3 Å². The van der Waals surface area contributed by atoms with Gasteiger partial charge in [-0.3, -0.25) is 9.59 Å². The lowest BCUT2D eigenvalue weighted by Crippen LogP contribution is -2.51. The molecular weight excluding hydrogens is 396 g/mol. The number of pyridine rings is 1. The molecule has 172 valence electrons. The monoisotopic (exact) mass is 434 g/mol. The highest BCUT2D eigenvalue weighted by molar-refractivity contribution is 5.81. The van der Waals surface area contributed by atoms with Gasteiger partial charge in [-0.1, -0.05) is 58.2 Å². The molecule has 0 N–H and O–H groups in total. The molecular formula is C28H38N2O2. The van der Waals surface area contributed by atoms with Crippen molar-refractivity contribution in [3.8, 4) is 0 Å². The summed E-state index contributed by atoms with van der Waals surface area (Å²) in [6, 6.07) is 10.3. The zero-order valence-electron chi connectivity index (χ0n) is 20.2. The number of hydrogen-bond acceptors (Lipinski definition) is 2. The van der Waals surface area contributed by atoms with Crippen molar-refractivity contribution >= 4 is 16.8 Å². The minimum absolute atomic E-state index is 0.0257. The van der Waals surface area contributed by atoms with Gasteiger partial charge >= 0.3 is 0 Å². The van der Waals surface area contributed by atoms with E-state index in [1.54, 1.807) is 4.57 Å². The van der Waals surface area contributed by atoms with Crippen molar-refractivity contribution < 1.29 is 4.79 Å². The van der Waals surface area contributed by atoms with E-state index in [1.807, 2.05) is 31.3 Å². The fraction of sp³-hybridized carbons (Fsp3) is 0.643. The van der Waals surface area contributed by atoms with Gasteiger partial charge in [0.25, 0.3) is 5.56 Å². The number of aromatic nitrogens is 1. The lowest BCUT2D eigenvalue weighted by molar-refractivity contribution is -0.143. The largest absolute Gasteiger partial charge is 0.334 e. The summed E-state index contributed by atoms with van der Waals surface area (Å²) in [5, 5.41) is 1.06. The minimum atomic E-state index is 0.0257. The Morgan fingerprint density at radius 2 is 1.81 bits per heavy atom. The maximum atomic E-state index is 14.0. The number of amides is 1. The van der Waals surface area contributed by atoms with Crippen molar-refractivity contribution in [1.29, 1.82) is 0 Å².